The van der Waals surface area contributed by atoms with Crippen LogP contribution in [0.4, 0.5) is 0 Å². The van der Waals surface area contributed by atoms with Gasteiger partial charge in [-0.1, -0.05) is 56.5 Å². The first kappa shape index (κ1) is 14.9. The third-order valence-corrected chi connectivity index (χ3v) is 4.60. The van der Waals surface area contributed by atoms with Gasteiger partial charge in [0.05, 0.1) is 0 Å². The Hall–Kier alpha value is -0.530. The molecule has 2 unspecified atom stereocenters. The lowest BCUT2D eigenvalue weighted by Crippen LogP contribution is -2.30. The van der Waals surface area contributed by atoms with E-state index in [-0.39, 0.29) is 0 Å². The molecule has 1 aliphatic carbocycles. The molecule has 1 N–H and O–H groups in total. The minimum absolute atomic E-state index is 0.695. The summed E-state index contributed by atoms with van der Waals surface area (Å²) >= 11 is 6.30. The fraction of sp³-hybridized carbons (Fsp3) is 0.647. The van der Waals surface area contributed by atoms with Crippen LogP contribution in [-0.2, 0) is 6.42 Å². The first-order valence-corrected chi connectivity index (χ1v) is 8.05. The van der Waals surface area contributed by atoms with Crippen molar-refractivity contribution in [3.63, 3.8) is 0 Å². The molecule has 1 aliphatic rings. The summed E-state index contributed by atoms with van der Waals surface area (Å²) in [5.41, 5.74) is 1.30. The van der Waals surface area contributed by atoms with Crippen LogP contribution in [0.1, 0.15) is 45.1 Å². The number of halogens is 1. The van der Waals surface area contributed by atoms with Gasteiger partial charge >= 0.3 is 0 Å². The third kappa shape index (κ3) is 4.81. The summed E-state index contributed by atoms with van der Waals surface area (Å²) in [6.07, 6.45) is 6.40. The van der Waals surface area contributed by atoms with Crippen LogP contribution in [0, 0.1) is 11.8 Å². The van der Waals surface area contributed by atoms with Crippen molar-refractivity contribution in [3.05, 3.63) is 34.9 Å². The average molecular weight is 280 g/mol. The minimum atomic E-state index is 0.695. The van der Waals surface area contributed by atoms with Crippen LogP contribution in [0.2, 0.25) is 5.02 Å². The van der Waals surface area contributed by atoms with E-state index < -0.39 is 0 Å². The van der Waals surface area contributed by atoms with Crippen LogP contribution in [0.3, 0.4) is 0 Å². The Bertz CT molecular complexity index is 387. The van der Waals surface area contributed by atoms with E-state index in [4.69, 9.17) is 11.6 Å². The largest absolute Gasteiger partial charge is 0.314 e. The van der Waals surface area contributed by atoms with Crippen molar-refractivity contribution >= 4 is 11.6 Å². The van der Waals surface area contributed by atoms with Gasteiger partial charge in [-0.05, 0) is 49.3 Å². The van der Waals surface area contributed by atoms with Crippen LogP contribution in [0.5, 0.6) is 0 Å². The zero-order valence-electron chi connectivity index (χ0n) is 12.2. The van der Waals surface area contributed by atoms with E-state index in [1.54, 1.807) is 0 Å². The van der Waals surface area contributed by atoms with Gasteiger partial charge in [-0.2, -0.15) is 0 Å². The van der Waals surface area contributed by atoms with Crippen LogP contribution < -0.4 is 5.32 Å². The zero-order valence-corrected chi connectivity index (χ0v) is 12.9. The lowest BCUT2D eigenvalue weighted by atomic mass is 9.85. The number of hydrogen-bond acceptors (Lipinski definition) is 1. The van der Waals surface area contributed by atoms with E-state index in [2.05, 4.69) is 31.3 Å². The Morgan fingerprint density at radius 2 is 2.05 bits per heavy atom. The summed E-state index contributed by atoms with van der Waals surface area (Å²) in [5.74, 6) is 1.45. The highest BCUT2D eigenvalue weighted by Gasteiger charge is 2.24. The van der Waals surface area contributed by atoms with Crippen molar-refractivity contribution in [3.8, 4) is 0 Å². The second-order valence-corrected chi connectivity index (χ2v) is 6.41. The smallest absolute Gasteiger partial charge is 0.0438 e. The van der Waals surface area contributed by atoms with E-state index in [1.807, 2.05) is 12.1 Å². The van der Waals surface area contributed by atoms with Gasteiger partial charge in [0.2, 0.25) is 0 Å². The quantitative estimate of drug-likeness (QED) is 0.728. The third-order valence-electron chi connectivity index (χ3n) is 4.23. The van der Waals surface area contributed by atoms with E-state index in [0.717, 1.165) is 29.9 Å². The van der Waals surface area contributed by atoms with E-state index in [1.165, 1.54) is 31.2 Å². The zero-order chi connectivity index (χ0) is 13.7. The summed E-state index contributed by atoms with van der Waals surface area (Å²) in [4.78, 5) is 0. The highest BCUT2D eigenvalue weighted by atomic mass is 35.5. The number of nitrogens with one attached hydrogen (secondary N) is 1. The number of rotatable bonds is 8. The fourth-order valence-corrected chi connectivity index (χ4v) is 2.93. The monoisotopic (exact) mass is 279 g/mol. The standard InChI is InChI=1S/C17H26ClN/c1-3-6-13(2)15(12-19-16-9-10-16)11-14-7-4-5-8-17(14)18/h4-5,7-8,13,15-16,19H,3,6,9-12H2,1-2H3. The van der Waals surface area contributed by atoms with Crippen LogP contribution in [0.25, 0.3) is 0 Å². The highest BCUT2D eigenvalue weighted by molar-refractivity contribution is 6.31. The molecule has 0 heterocycles. The maximum absolute atomic E-state index is 6.30. The first-order valence-electron chi connectivity index (χ1n) is 7.67. The molecule has 2 heteroatoms. The maximum atomic E-state index is 6.30. The lowest BCUT2D eigenvalue weighted by Gasteiger charge is -2.25. The second-order valence-electron chi connectivity index (χ2n) is 6.00. The van der Waals surface area contributed by atoms with Gasteiger partial charge in [-0.15, -0.1) is 0 Å². The molecule has 0 radical (unpaired) electrons. The van der Waals surface area contributed by atoms with Crippen molar-refractivity contribution in [1.82, 2.24) is 5.32 Å². The molecule has 0 bridgehead atoms. The molecule has 2 rings (SSSR count). The van der Waals surface area contributed by atoms with Crippen LogP contribution >= 0.6 is 11.6 Å². The summed E-state index contributed by atoms with van der Waals surface area (Å²) in [5, 5.41) is 4.61. The van der Waals surface area contributed by atoms with Crippen LogP contribution in [0.15, 0.2) is 24.3 Å². The molecule has 0 aromatic heterocycles. The fourth-order valence-electron chi connectivity index (χ4n) is 2.72. The van der Waals surface area contributed by atoms with Crippen molar-refractivity contribution in [1.29, 1.82) is 0 Å². The van der Waals surface area contributed by atoms with Crippen molar-refractivity contribution in [2.75, 3.05) is 6.54 Å². The van der Waals surface area contributed by atoms with Gasteiger partial charge in [-0.25, -0.2) is 0 Å². The maximum Gasteiger partial charge on any atom is 0.0438 e. The molecule has 19 heavy (non-hydrogen) atoms. The Labute approximate surface area is 122 Å². The Balaban J connectivity index is 1.96. The molecule has 0 aliphatic heterocycles. The van der Waals surface area contributed by atoms with Crippen molar-refractivity contribution in [2.24, 2.45) is 11.8 Å². The topological polar surface area (TPSA) is 12.0 Å². The lowest BCUT2D eigenvalue weighted by molar-refractivity contribution is 0.317. The van der Waals surface area contributed by atoms with Crippen molar-refractivity contribution in [2.45, 2.75) is 52.0 Å². The Kier molecular flexibility index (Phi) is 5.72. The summed E-state index contributed by atoms with van der Waals surface area (Å²) < 4.78 is 0. The SMILES string of the molecule is CCCC(C)C(CNC1CC1)Cc1ccccc1Cl. The van der Waals surface area contributed by atoms with Gasteiger partial charge in [-0.3, -0.25) is 0 Å². The van der Waals surface area contributed by atoms with Crippen LogP contribution in [-0.4, -0.2) is 12.6 Å². The number of hydrogen-bond donors (Lipinski definition) is 1. The first-order chi connectivity index (χ1) is 9.20. The van der Waals surface area contributed by atoms with Crippen molar-refractivity contribution < 1.29 is 0 Å². The summed E-state index contributed by atoms with van der Waals surface area (Å²) in [7, 11) is 0. The van der Waals surface area contributed by atoms with Gasteiger partial charge < -0.3 is 5.32 Å². The Morgan fingerprint density at radius 3 is 2.68 bits per heavy atom. The molecule has 106 valence electrons. The summed E-state index contributed by atoms with van der Waals surface area (Å²) in [6, 6.07) is 9.08. The predicted molar refractivity (Wildman–Crippen MR) is 83.7 cm³/mol. The molecule has 1 aromatic carbocycles. The average Bonchev–Trinajstić information content (AvgIpc) is 3.21. The van der Waals surface area contributed by atoms with E-state index in [0.29, 0.717) is 5.92 Å². The van der Waals surface area contributed by atoms with E-state index >= 15 is 0 Å². The van der Waals surface area contributed by atoms with Gasteiger partial charge in [0.1, 0.15) is 0 Å². The predicted octanol–water partition coefficient (Wildman–Crippen LogP) is 4.69. The normalized spacial score (nSPS) is 18.3. The Morgan fingerprint density at radius 1 is 1.32 bits per heavy atom. The molecule has 0 saturated heterocycles. The summed E-state index contributed by atoms with van der Waals surface area (Å²) in [6.45, 7) is 5.80. The number of benzene rings is 1. The second kappa shape index (κ2) is 7.31. The van der Waals surface area contributed by atoms with E-state index in [9.17, 15) is 0 Å². The molecule has 2 atom stereocenters. The molecule has 1 aromatic rings. The highest BCUT2D eigenvalue weighted by Crippen LogP contribution is 2.26. The molecule has 1 nitrogen and oxygen atoms in total. The molecule has 0 spiro atoms. The van der Waals surface area contributed by atoms with Gasteiger partial charge in [0.15, 0.2) is 0 Å². The molecule has 1 saturated carbocycles. The molecular formula is C17H26ClN. The minimum Gasteiger partial charge on any atom is -0.314 e. The molecule has 0 amide bonds. The van der Waals surface area contributed by atoms with Gasteiger partial charge in [0.25, 0.3) is 0 Å². The molecule has 1 fully saturated rings. The van der Waals surface area contributed by atoms with Gasteiger partial charge in [0, 0.05) is 11.1 Å². The molecular weight excluding hydrogens is 254 g/mol.